The van der Waals surface area contributed by atoms with Gasteiger partial charge in [0, 0.05) is 42.5 Å². The molecule has 2 amide bonds. The van der Waals surface area contributed by atoms with Crippen molar-refractivity contribution in [3.8, 4) is 0 Å². The van der Waals surface area contributed by atoms with Crippen LogP contribution in [-0.4, -0.2) is 51.0 Å². The summed E-state index contributed by atoms with van der Waals surface area (Å²) in [6.07, 6.45) is 1.79. The molecule has 0 aliphatic carbocycles. The zero-order valence-corrected chi connectivity index (χ0v) is 24.5. The third-order valence-corrected chi connectivity index (χ3v) is 7.93. The molecule has 1 atom stereocenters. The Balaban J connectivity index is 1.84. The fourth-order valence-corrected chi connectivity index (χ4v) is 5.78. The summed E-state index contributed by atoms with van der Waals surface area (Å²) in [7, 11) is -2.05. The number of amides is 2. The normalized spacial score (nSPS) is 12.0. The van der Waals surface area contributed by atoms with Crippen LogP contribution in [0.1, 0.15) is 24.0 Å². The van der Waals surface area contributed by atoms with E-state index in [1.807, 2.05) is 54.6 Å². The Bertz CT molecular complexity index is 1350. The van der Waals surface area contributed by atoms with Crippen LogP contribution >= 0.6 is 27.5 Å². The van der Waals surface area contributed by atoms with Crippen LogP contribution in [0.15, 0.2) is 83.3 Å². The molecule has 7 nitrogen and oxygen atoms in total. The molecule has 0 spiro atoms. The minimum absolute atomic E-state index is 0.0584. The Morgan fingerprint density at radius 1 is 0.974 bits per heavy atom. The average molecular weight is 621 g/mol. The molecule has 38 heavy (non-hydrogen) atoms. The van der Waals surface area contributed by atoms with Gasteiger partial charge in [0.05, 0.1) is 11.9 Å². The van der Waals surface area contributed by atoms with Crippen molar-refractivity contribution < 1.29 is 18.0 Å². The highest BCUT2D eigenvalue weighted by Gasteiger charge is 2.30. The van der Waals surface area contributed by atoms with E-state index in [-0.39, 0.29) is 37.7 Å². The molecule has 0 aromatic heterocycles. The fourth-order valence-electron chi connectivity index (χ4n) is 4.19. The molecule has 3 rings (SSSR count). The Hall–Kier alpha value is -2.88. The monoisotopic (exact) mass is 619 g/mol. The first-order chi connectivity index (χ1) is 18.1. The maximum atomic E-state index is 13.7. The lowest BCUT2D eigenvalue weighted by molar-refractivity contribution is -0.141. The number of rotatable bonds is 12. The number of nitrogens with one attached hydrogen (secondary N) is 1. The number of carbonyl (C=O) groups excluding carboxylic acids is 2. The smallest absolute Gasteiger partial charge is 0.242 e. The van der Waals surface area contributed by atoms with Crippen LogP contribution in [0.4, 0.5) is 5.69 Å². The Kier molecular flexibility index (Phi) is 10.8. The van der Waals surface area contributed by atoms with E-state index in [1.165, 1.54) is 4.31 Å². The summed E-state index contributed by atoms with van der Waals surface area (Å²) in [5, 5.41) is 3.11. The molecule has 0 aliphatic heterocycles. The second-order valence-electron chi connectivity index (χ2n) is 8.89. The van der Waals surface area contributed by atoms with Gasteiger partial charge in [0.2, 0.25) is 21.8 Å². The van der Waals surface area contributed by atoms with Gasteiger partial charge in [-0.25, -0.2) is 8.42 Å². The minimum atomic E-state index is -3.60. The van der Waals surface area contributed by atoms with E-state index in [4.69, 9.17) is 11.6 Å². The third kappa shape index (κ3) is 8.58. The van der Waals surface area contributed by atoms with Gasteiger partial charge in [0.1, 0.15) is 6.04 Å². The number of anilines is 1. The van der Waals surface area contributed by atoms with Crippen molar-refractivity contribution >= 4 is 55.1 Å². The Morgan fingerprint density at radius 3 is 2.29 bits per heavy atom. The number of nitrogens with zero attached hydrogens (tertiary/aromatic N) is 2. The first-order valence-electron chi connectivity index (χ1n) is 12.1. The van der Waals surface area contributed by atoms with Gasteiger partial charge in [-0.05, 0) is 47.9 Å². The average Bonchev–Trinajstić information content (AvgIpc) is 2.88. The molecule has 0 fully saturated rings. The van der Waals surface area contributed by atoms with E-state index in [1.54, 1.807) is 36.2 Å². The van der Waals surface area contributed by atoms with Crippen molar-refractivity contribution in [3.63, 3.8) is 0 Å². The van der Waals surface area contributed by atoms with Crippen molar-refractivity contribution in [2.24, 2.45) is 0 Å². The van der Waals surface area contributed by atoms with Gasteiger partial charge in [0.25, 0.3) is 0 Å². The van der Waals surface area contributed by atoms with Crippen LogP contribution in [-0.2, 0) is 32.6 Å². The topological polar surface area (TPSA) is 86.8 Å². The molecule has 10 heteroatoms. The summed E-state index contributed by atoms with van der Waals surface area (Å²) in [6.45, 7) is 0.326. The highest BCUT2D eigenvalue weighted by Crippen LogP contribution is 2.23. The van der Waals surface area contributed by atoms with Crippen LogP contribution in [0.25, 0.3) is 0 Å². The van der Waals surface area contributed by atoms with E-state index in [0.717, 1.165) is 21.9 Å². The molecule has 0 aliphatic rings. The van der Waals surface area contributed by atoms with E-state index in [9.17, 15) is 18.0 Å². The molecule has 1 N–H and O–H groups in total. The second kappa shape index (κ2) is 13.8. The molecule has 202 valence electrons. The standard InChI is InChI=1S/C28H31BrClN3O4S/c1-31-28(35)26(18-21-9-4-3-5-10-21)32(20-22-11-6-12-23(29)17-22)27(34)15-8-16-33(38(2,36)37)25-14-7-13-24(30)19-25/h3-7,9-14,17,19,26H,8,15-16,18,20H2,1-2H3,(H,31,35)/t26-/m0/s1. The molecule has 0 radical (unpaired) electrons. The number of benzene rings is 3. The van der Waals surface area contributed by atoms with Crippen molar-refractivity contribution in [1.29, 1.82) is 0 Å². The molecule has 3 aromatic carbocycles. The number of likely N-dealkylation sites (N-methyl/N-ethyl adjacent to an activating group) is 1. The maximum absolute atomic E-state index is 13.7. The lowest BCUT2D eigenvalue weighted by atomic mass is 10.0. The third-order valence-electron chi connectivity index (χ3n) is 6.01. The number of hydrogen-bond donors (Lipinski definition) is 1. The van der Waals surface area contributed by atoms with Crippen molar-refractivity contribution in [2.45, 2.75) is 31.8 Å². The summed E-state index contributed by atoms with van der Waals surface area (Å²) in [5.41, 5.74) is 2.23. The Labute approximate surface area is 238 Å². The van der Waals surface area contributed by atoms with Gasteiger partial charge >= 0.3 is 0 Å². The van der Waals surface area contributed by atoms with Gasteiger partial charge in [-0.15, -0.1) is 0 Å². The molecule has 0 unspecified atom stereocenters. The van der Waals surface area contributed by atoms with E-state index < -0.39 is 16.1 Å². The van der Waals surface area contributed by atoms with Crippen LogP contribution in [0.2, 0.25) is 5.02 Å². The SMILES string of the molecule is CNC(=O)[C@H](Cc1ccccc1)N(Cc1cccc(Br)c1)C(=O)CCCN(c1cccc(Cl)c1)S(C)(=O)=O. The van der Waals surface area contributed by atoms with Gasteiger partial charge in [-0.3, -0.25) is 13.9 Å². The van der Waals surface area contributed by atoms with Crippen LogP contribution in [0.3, 0.4) is 0 Å². The van der Waals surface area contributed by atoms with Crippen molar-refractivity contribution in [1.82, 2.24) is 10.2 Å². The molecule has 0 saturated heterocycles. The van der Waals surface area contributed by atoms with E-state index in [2.05, 4.69) is 21.2 Å². The largest absolute Gasteiger partial charge is 0.357 e. The summed E-state index contributed by atoms with van der Waals surface area (Å²) >= 11 is 9.55. The second-order valence-corrected chi connectivity index (χ2v) is 12.1. The van der Waals surface area contributed by atoms with Gasteiger partial charge < -0.3 is 10.2 Å². The van der Waals surface area contributed by atoms with Crippen LogP contribution in [0, 0.1) is 0 Å². The summed E-state index contributed by atoms with van der Waals surface area (Å²) in [5.74, 6) is -0.511. The number of carbonyl (C=O) groups is 2. The van der Waals surface area contributed by atoms with Crippen molar-refractivity contribution in [2.75, 3.05) is 24.2 Å². The molecule has 0 bridgehead atoms. The Morgan fingerprint density at radius 2 is 1.66 bits per heavy atom. The fraction of sp³-hybridized carbons (Fsp3) is 0.286. The lowest BCUT2D eigenvalue weighted by Gasteiger charge is -2.31. The van der Waals surface area contributed by atoms with E-state index in [0.29, 0.717) is 17.1 Å². The predicted molar refractivity (Wildman–Crippen MR) is 156 cm³/mol. The first kappa shape index (κ1) is 29.7. The zero-order valence-electron chi connectivity index (χ0n) is 21.3. The van der Waals surface area contributed by atoms with Gasteiger partial charge in [-0.1, -0.05) is 76.1 Å². The number of halogens is 2. The predicted octanol–water partition coefficient (Wildman–Crippen LogP) is 5.03. The van der Waals surface area contributed by atoms with Gasteiger partial charge in [0.15, 0.2) is 0 Å². The number of hydrogen-bond acceptors (Lipinski definition) is 4. The lowest BCUT2D eigenvalue weighted by Crippen LogP contribution is -2.49. The minimum Gasteiger partial charge on any atom is -0.357 e. The molecular formula is C28H31BrClN3O4S. The molecule has 3 aromatic rings. The van der Waals surface area contributed by atoms with Crippen molar-refractivity contribution in [3.05, 3.63) is 99.5 Å². The highest BCUT2D eigenvalue weighted by atomic mass is 79.9. The quantitative estimate of drug-likeness (QED) is 0.308. The maximum Gasteiger partial charge on any atom is 0.242 e. The highest BCUT2D eigenvalue weighted by molar-refractivity contribution is 9.10. The number of sulfonamides is 1. The summed E-state index contributed by atoms with van der Waals surface area (Å²) in [6, 6.07) is 23.0. The molecule has 0 heterocycles. The molecule has 0 saturated carbocycles. The summed E-state index contributed by atoms with van der Waals surface area (Å²) < 4.78 is 27.1. The first-order valence-corrected chi connectivity index (χ1v) is 15.1. The van der Waals surface area contributed by atoms with Crippen LogP contribution in [0.5, 0.6) is 0 Å². The van der Waals surface area contributed by atoms with E-state index >= 15 is 0 Å². The zero-order chi connectivity index (χ0) is 27.7. The van der Waals surface area contributed by atoms with Crippen LogP contribution < -0.4 is 9.62 Å². The van der Waals surface area contributed by atoms with Gasteiger partial charge in [-0.2, -0.15) is 0 Å². The molecular weight excluding hydrogens is 590 g/mol. The summed E-state index contributed by atoms with van der Waals surface area (Å²) in [4.78, 5) is 28.3.